The Morgan fingerprint density at radius 1 is 0.952 bits per heavy atom. The van der Waals surface area contributed by atoms with Gasteiger partial charge < -0.3 is 10.5 Å². The lowest BCUT2D eigenvalue weighted by atomic mass is 9.33. The standard InChI is InChI=1S/C39H61NO2/c1-9-42-34(41)27-12-10-26(11-13-27)24-28-16-19-36(6)31(35(28,4)5)18-20-38(8)32(36)15-14-30-33-29(25(2)3)17-21-39(33,40)23-22-37(30,38)7/h16,24,27,29-33H,2,9-15,17-23,40H2,1,3-8H3/t27?,29-,30+,31-,32+,33+,36-,37+,38+,39-/m0/s1. The van der Waals surface area contributed by atoms with E-state index in [2.05, 4.69) is 60.3 Å². The van der Waals surface area contributed by atoms with Gasteiger partial charge in [0.1, 0.15) is 0 Å². The van der Waals surface area contributed by atoms with E-state index in [4.69, 9.17) is 10.5 Å². The first-order valence-corrected chi connectivity index (χ1v) is 17.7. The number of hydrogen-bond acceptors (Lipinski definition) is 3. The number of carbonyl (C=O) groups excluding carboxylic acids is 1. The van der Waals surface area contributed by atoms with Gasteiger partial charge >= 0.3 is 5.97 Å². The van der Waals surface area contributed by atoms with E-state index in [0.29, 0.717) is 40.6 Å². The maximum atomic E-state index is 12.3. The lowest BCUT2D eigenvalue weighted by molar-refractivity contribution is -0.219. The number of hydrogen-bond donors (Lipinski definition) is 1. The van der Waals surface area contributed by atoms with Crippen LogP contribution in [0.5, 0.6) is 0 Å². The summed E-state index contributed by atoms with van der Waals surface area (Å²) in [6.45, 7) is 22.4. The minimum atomic E-state index is 0.0106. The Hall–Kier alpha value is -1.35. The highest BCUT2D eigenvalue weighted by molar-refractivity contribution is 5.72. The van der Waals surface area contributed by atoms with Gasteiger partial charge in [-0.1, -0.05) is 64.5 Å². The van der Waals surface area contributed by atoms with Crippen LogP contribution >= 0.6 is 0 Å². The van der Waals surface area contributed by atoms with Gasteiger partial charge in [0, 0.05) is 5.54 Å². The van der Waals surface area contributed by atoms with Crippen molar-refractivity contribution in [3.63, 3.8) is 0 Å². The second-order valence-corrected chi connectivity index (χ2v) is 17.3. The van der Waals surface area contributed by atoms with Gasteiger partial charge in [0.2, 0.25) is 0 Å². The normalized spacial score (nSPS) is 47.7. The van der Waals surface area contributed by atoms with Crippen molar-refractivity contribution < 1.29 is 9.53 Å². The lowest BCUT2D eigenvalue weighted by Gasteiger charge is -2.72. The first kappa shape index (κ1) is 30.7. The maximum Gasteiger partial charge on any atom is 0.308 e. The number of ether oxygens (including phenoxy) is 1. The van der Waals surface area contributed by atoms with Crippen molar-refractivity contribution in [2.45, 2.75) is 137 Å². The Balaban J connectivity index is 1.26. The third-order valence-electron chi connectivity index (χ3n) is 15.4. The molecule has 0 aromatic carbocycles. The molecule has 6 aliphatic carbocycles. The number of rotatable bonds is 4. The number of carbonyl (C=O) groups is 1. The molecule has 3 nitrogen and oxygen atoms in total. The fourth-order valence-electron chi connectivity index (χ4n) is 12.9. The number of nitrogens with two attached hydrogens (primary N) is 1. The summed E-state index contributed by atoms with van der Waals surface area (Å²) in [5.74, 6) is 3.55. The quantitative estimate of drug-likeness (QED) is 0.268. The summed E-state index contributed by atoms with van der Waals surface area (Å²) >= 11 is 0. The van der Waals surface area contributed by atoms with E-state index in [9.17, 15) is 4.79 Å². The van der Waals surface area contributed by atoms with Gasteiger partial charge in [0.15, 0.2) is 0 Å². The van der Waals surface area contributed by atoms with Crippen LogP contribution in [0.4, 0.5) is 0 Å². The summed E-state index contributed by atoms with van der Waals surface area (Å²) in [6.07, 6.45) is 20.8. The molecule has 3 heteroatoms. The molecule has 0 bridgehead atoms. The molecule has 6 rings (SSSR count). The average molecular weight is 576 g/mol. The highest BCUT2D eigenvalue weighted by atomic mass is 16.5. The fraction of sp³-hybridized carbons (Fsp3) is 0.821. The van der Waals surface area contributed by atoms with Gasteiger partial charge in [-0.05, 0) is 154 Å². The zero-order valence-electron chi connectivity index (χ0n) is 28.1. The summed E-state index contributed by atoms with van der Waals surface area (Å²) in [4.78, 5) is 12.3. The minimum absolute atomic E-state index is 0.0106. The molecular weight excluding hydrogens is 514 g/mol. The smallest absolute Gasteiger partial charge is 0.308 e. The van der Waals surface area contributed by atoms with Crippen LogP contribution in [0.3, 0.4) is 0 Å². The van der Waals surface area contributed by atoms with Gasteiger partial charge in [0.25, 0.3) is 0 Å². The Labute approximate surface area is 257 Å². The summed E-state index contributed by atoms with van der Waals surface area (Å²) in [5, 5.41) is 0. The predicted octanol–water partition coefficient (Wildman–Crippen LogP) is 9.57. The first-order chi connectivity index (χ1) is 19.7. The summed E-state index contributed by atoms with van der Waals surface area (Å²) in [5.41, 5.74) is 13.1. The molecule has 0 unspecified atom stereocenters. The van der Waals surface area contributed by atoms with Gasteiger partial charge in [0.05, 0.1) is 12.5 Å². The molecule has 0 heterocycles. The monoisotopic (exact) mass is 575 g/mol. The van der Waals surface area contributed by atoms with Gasteiger partial charge in [-0.3, -0.25) is 4.79 Å². The topological polar surface area (TPSA) is 52.3 Å². The second kappa shape index (κ2) is 10.3. The largest absolute Gasteiger partial charge is 0.466 e. The number of fused-ring (bicyclic) bond motifs is 7. The van der Waals surface area contributed by atoms with E-state index in [-0.39, 0.29) is 22.8 Å². The Morgan fingerprint density at radius 3 is 2.33 bits per heavy atom. The molecule has 0 aliphatic heterocycles. The van der Waals surface area contributed by atoms with Crippen LogP contribution in [-0.2, 0) is 9.53 Å². The highest BCUT2D eigenvalue weighted by Gasteiger charge is 2.69. The highest BCUT2D eigenvalue weighted by Crippen LogP contribution is 2.76. The molecule has 2 N–H and O–H groups in total. The molecule has 5 saturated carbocycles. The van der Waals surface area contributed by atoms with Crippen LogP contribution in [0.25, 0.3) is 0 Å². The predicted molar refractivity (Wildman–Crippen MR) is 174 cm³/mol. The van der Waals surface area contributed by atoms with Gasteiger partial charge in [-0.25, -0.2) is 0 Å². The van der Waals surface area contributed by atoms with Crippen LogP contribution in [0, 0.1) is 57.2 Å². The molecule has 0 aromatic heterocycles. The zero-order valence-corrected chi connectivity index (χ0v) is 28.1. The minimum Gasteiger partial charge on any atom is -0.466 e. The van der Waals surface area contributed by atoms with E-state index in [0.717, 1.165) is 37.5 Å². The number of allylic oxidation sites excluding steroid dienone is 5. The van der Waals surface area contributed by atoms with Crippen molar-refractivity contribution in [3.05, 3.63) is 35.5 Å². The van der Waals surface area contributed by atoms with Crippen LogP contribution in [0.15, 0.2) is 35.5 Å². The summed E-state index contributed by atoms with van der Waals surface area (Å²) in [7, 11) is 0. The van der Waals surface area contributed by atoms with Crippen molar-refractivity contribution in [2.75, 3.05) is 6.61 Å². The maximum absolute atomic E-state index is 12.3. The van der Waals surface area contributed by atoms with Crippen molar-refractivity contribution in [1.29, 1.82) is 0 Å². The summed E-state index contributed by atoms with van der Waals surface area (Å²) < 4.78 is 5.32. The van der Waals surface area contributed by atoms with E-state index in [1.165, 1.54) is 63.4 Å². The van der Waals surface area contributed by atoms with Crippen molar-refractivity contribution >= 4 is 5.97 Å². The van der Waals surface area contributed by atoms with E-state index >= 15 is 0 Å². The van der Waals surface area contributed by atoms with Crippen LogP contribution in [0.2, 0.25) is 0 Å². The molecule has 0 spiro atoms. The Kier molecular flexibility index (Phi) is 7.56. The van der Waals surface area contributed by atoms with Crippen molar-refractivity contribution in [2.24, 2.45) is 62.9 Å². The third-order valence-corrected chi connectivity index (χ3v) is 15.4. The Bertz CT molecular complexity index is 1170. The van der Waals surface area contributed by atoms with Crippen molar-refractivity contribution in [1.82, 2.24) is 0 Å². The van der Waals surface area contributed by atoms with E-state index < -0.39 is 0 Å². The zero-order chi connectivity index (χ0) is 30.3. The fourth-order valence-corrected chi connectivity index (χ4v) is 12.9. The lowest BCUT2D eigenvalue weighted by Crippen LogP contribution is -2.67. The molecule has 0 amide bonds. The molecule has 0 saturated heterocycles. The molecule has 9 atom stereocenters. The number of esters is 1. The van der Waals surface area contributed by atoms with E-state index in [1.807, 2.05) is 6.92 Å². The second-order valence-electron chi connectivity index (χ2n) is 17.3. The molecular formula is C39H61NO2. The molecule has 42 heavy (non-hydrogen) atoms. The average Bonchev–Trinajstić information content (AvgIpc) is 3.29. The van der Waals surface area contributed by atoms with E-state index in [1.54, 1.807) is 11.1 Å². The SMILES string of the molecule is C=C(C)[C@@H]1CC[C@]2(N)CC[C@]3(C)[C@H](CC[C@@H]4[C@@]5(C)CC=C(C=C6CCC(C(=O)OCC)CC6)C(C)(C)[C@@H]5CC[C@]43C)[C@@H]12. The van der Waals surface area contributed by atoms with Gasteiger partial charge in [-0.15, -0.1) is 0 Å². The molecule has 234 valence electrons. The third kappa shape index (κ3) is 4.32. The van der Waals surface area contributed by atoms with Crippen LogP contribution in [-0.4, -0.2) is 18.1 Å². The molecule has 5 fully saturated rings. The van der Waals surface area contributed by atoms with Gasteiger partial charge in [-0.2, -0.15) is 0 Å². The Morgan fingerprint density at radius 2 is 1.67 bits per heavy atom. The summed E-state index contributed by atoms with van der Waals surface area (Å²) in [6, 6.07) is 0. The molecule has 6 aliphatic rings. The molecule has 0 aromatic rings. The first-order valence-electron chi connectivity index (χ1n) is 17.7. The van der Waals surface area contributed by atoms with Crippen molar-refractivity contribution in [3.8, 4) is 0 Å². The van der Waals surface area contributed by atoms with Crippen LogP contribution in [0.1, 0.15) is 132 Å². The molecule has 0 radical (unpaired) electrons. The van der Waals surface area contributed by atoms with Crippen LogP contribution < -0.4 is 5.73 Å².